The fourth-order valence-corrected chi connectivity index (χ4v) is 4.66. The number of nitro groups is 1. The van der Waals surface area contributed by atoms with Crippen LogP contribution in [-0.4, -0.2) is 39.5 Å². The normalized spacial score (nSPS) is 10.9. The molecule has 0 heterocycles. The quantitative estimate of drug-likeness (QED) is 0.0668. The maximum Gasteiger partial charge on any atom is 0.335 e. The number of carbonyl (C=O) groups is 4. The van der Waals surface area contributed by atoms with Crippen LogP contribution >= 0.6 is 23.4 Å². The fourth-order valence-electron chi connectivity index (χ4n) is 3.80. The number of para-hydroxylation sites is 1. The van der Waals surface area contributed by atoms with Crippen LogP contribution in [0.2, 0.25) is 5.02 Å². The molecule has 4 aromatic carbocycles. The summed E-state index contributed by atoms with van der Waals surface area (Å²) in [7, 11) is 0. The van der Waals surface area contributed by atoms with E-state index in [2.05, 4.69) is 16.0 Å². The van der Waals surface area contributed by atoms with Crippen molar-refractivity contribution in [3.63, 3.8) is 0 Å². The van der Waals surface area contributed by atoms with Gasteiger partial charge in [0.2, 0.25) is 5.91 Å². The second-order valence-electron chi connectivity index (χ2n) is 9.01. The largest absolute Gasteiger partial charge is 0.478 e. The van der Waals surface area contributed by atoms with Crippen LogP contribution in [-0.2, 0) is 9.59 Å². The van der Waals surface area contributed by atoms with Crippen molar-refractivity contribution in [1.29, 1.82) is 0 Å². The van der Waals surface area contributed by atoms with Crippen LogP contribution in [0.25, 0.3) is 6.08 Å². The van der Waals surface area contributed by atoms with Crippen LogP contribution in [0.4, 0.5) is 17.1 Å². The molecule has 0 aliphatic heterocycles. The van der Waals surface area contributed by atoms with Gasteiger partial charge in [0.1, 0.15) is 5.70 Å². The third-order valence-corrected chi connectivity index (χ3v) is 7.27. The number of nitro benzene ring substituents is 1. The van der Waals surface area contributed by atoms with Gasteiger partial charge in [-0.3, -0.25) is 24.5 Å². The minimum atomic E-state index is -1.15. The van der Waals surface area contributed by atoms with Crippen LogP contribution in [0.1, 0.15) is 26.3 Å². The van der Waals surface area contributed by atoms with E-state index in [4.69, 9.17) is 16.7 Å². The number of nitrogens with one attached hydrogen (secondary N) is 3. The zero-order valence-corrected chi connectivity index (χ0v) is 24.2. The number of amides is 3. The molecule has 0 radical (unpaired) electrons. The molecular weight excluding hydrogens is 608 g/mol. The number of nitrogens with zero attached hydrogens (tertiary/aromatic N) is 1. The van der Waals surface area contributed by atoms with E-state index in [1.54, 1.807) is 60.7 Å². The highest BCUT2D eigenvalue weighted by molar-refractivity contribution is 8.00. The number of aromatic carboxylic acids is 1. The lowest BCUT2D eigenvalue weighted by molar-refractivity contribution is -0.385. The number of carboxylic acid groups (broad SMARTS) is 1. The predicted molar refractivity (Wildman–Crippen MR) is 168 cm³/mol. The van der Waals surface area contributed by atoms with Crippen molar-refractivity contribution in [2.45, 2.75) is 4.90 Å². The van der Waals surface area contributed by atoms with Gasteiger partial charge in [-0.25, -0.2) is 4.79 Å². The lowest BCUT2D eigenvalue weighted by Gasteiger charge is -2.12. The van der Waals surface area contributed by atoms with Gasteiger partial charge >= 0.3 is 5.97 Å². The minimum Gasteiger partial charge on any atom is -0.478 e. The number of benzene rings is 4. The molecule has 44 heavy (non-hydrogen) atoms. The van der Waals surface area contributed by atoms with E-state index < -0.39 is 28.6 Å². The maximum absolute atomic E-state index is 13.3. The summed E-state index contributed by atoms with van der Waals surface area (Å²) in [5.41, 5.74) is 0.480. The van der Waals surface area contributed by atoms with Crippen molar-refractivity contribution in [2.75, 3.05) is 16.4 Å². The monoisotopic (exact) mass is 630 g/mol. The van der Waals surface area contributed by atoms with Crippen LogP contribution in [0.15, 0.2) is 108 Å². The molecule has 0 aromatic heterocycles. The van der Waals surface area contributed by atoms with E-state index in [1.165, 1.54) is 54.2 Å². The lowest BCUT2D eigenvalue weighted by Crippen LogP contribution is -2.30. The Balaban J connectivity index is 1.44. The molecule has 0 aliphatic carbocycles. The van der Waals surface area contributed by atoms with Crippen LogP contribution in [0, 0.1) is 10.1 Å². The third kappa shape index (κ3) is 8.53. The van der Waals surface area contributed by atoms with E-state index in [1.807, 2.05) is 0 Å². The molecule has 4 aromatic rings. The standard InChI is InChI=1S/C31H23ClN4O7S/c32-24-15-10-21(31(40)41)17-25(24)34-28(37)18-44-23-13-11-22(12-14-23)33-30(39)26(35-29(38)19-6-2-1-3-7-19)16-20-8-4-5-9-27(20)36(42)43/h1-17H,18H2,(H,33,39)(H,34,37)(H,35,38)(H,40,41)/b26-16-. The van der Waals surface area contributed by atoms with E-state index in [0.29, 0.717) is 10.6 Å². The Hall–Kier alpha value is -5.46. The molecule has 222 valence electrons. The number of rotatable bonds is 11. The number of hydrogen-bond acceptors (Lipinski definition) is 7. The van der Waals surface area contributed by atoms with Crippen LogP contribution < -0.4 is 16.0 Å². The van der Waals surface area contributed by atoms with Gasteiger partial charge in [0.15, 0.2) is 0 Å². The molecule has 0 saturated carbocycles. The second kappa shape index (κ2) is 14.6. The Labute approximate surface area is 260 Å². The first-order chi connectivity index (χ1) is 21.1. The number of hydrogen-bond donors (Lipinski definition) is 4. The van der Waals surface area contributed by atoms with Gasteiger partial charge in [-0.15, -0.1) is 11.8 Å². The minimum absolute atomic E-state index is 0.00636. The molecule has 0 atom stereocenters. The molecule has 0 unspecified atom stereocenters. The van der Waals surface area contributed by atoms with Crippen molar-refractivity contribution in [3.05, 3.63) is 135 Å². The predicted octanol–water partition coefficient (Wildman–Crippen LogP) is 6.09. The van der Waals surface area contributed by atoms with E-state index in [-0.39, 0.29) is 44.5 Å². The Morgan fingerprint density at radius 1 is 0.864 bits per heavy atom. The Morgan fingerprint density at radius 3 is 2.23 bits per heavy atom. The molecule has 0 saturated heterocycles. The first kappa shape index (κ1) is 31.5. The van der Waals surface area contributed by atoms with Crippen molar-refractivity contribution >= 4 is 70.2 Å². The van der Waals surface area contributed by atoms with Crippen molar-refractivity contribution < 1.29 is 29.2 Å². The number of halogens is 1. The van der Waals surface area contributed by atoms with E-state index in [9.17, 15) is 29.3 Å². The summed E-state index contributed by atoms with van der Waals surface area (Å²) in [5.74, 6) is -2.86. The number of anilines is 2. The van der Waals surface area contributed by atoms with E-state index >= 15 is 0 Å². The van der Waals surface area contributed by atoms with Crippen molar-refractivity contribution in [3.8, 4) is 0 Å². The van der Waals surface area contributed by atoms with Crippen LogP contribution in [0.3, 0.4) is 0 Å². The zero-order chi connectivity index (χ0) is 31.6. The molecule has 4 rings (SSSR count). The van der Waals surface area contributed by atoms with Gasteiger partial charge in [-0.05, 0) is 66.7 Å². The highest BCUT2D eigenvalue weighted by Gasteiger charge is 2.18. The van der Waals surface area contributed by atoms with E-state index in [0.717, 1.165) is 0 Å². The van der Waals surface area contributed by atoms with Crippen molar-refractivity contribution in [1.82, 2.24) is 5.32 Å². The summed E-state index contributed by atoms with van der Waals surface area (Å²) in [6.07, 6.45) is 1.23. The topological polar surface area (TPSA) is 168 Å². The third-order valence-electron chi connectivity index (χ3n) is 5.93. The fraction of sp³-hybridized carbons (Fsp3) is 0.0323. The number of thioether (sulfide) groups is 1. The molecule has 4 N–H and O–H groups in total. The average Bonchev–Trinajstić information content (AvgIpc) is 3.01. The van der Waals surface area contributed by atoms with Crippen molar-refractivity contribution in [2.24, 2.45) is 0 Å². The Bertz CT molecular complexity index is 1760. The summed E-state index contributed by atoms with van der Waals surface area (Å²) in [4.78, 5) is 61.3. The molecular formula is C31H23ClN4O7S. The Kier molecular flexibility index (Phi) is 10.5. The van der Waals surface area contributed by atoms with Gasteiger partial charge in [0.25, 0.3) is 17.5 Å². The molecule has 0 bridgehead atoms. The zero-order valence-electron chi connectivity index (χ0n) is 22.7. The highest BCUT2D eigenvalue weighted by atomic mass is 35.5. The van der Waals surface area contributed by atoms with Crippen LogP contribution in [0.5, 0.6) is 0 Å². The first-order valence-electron chi connectivity index (χ1n) is 12.8. The smallest absolute Gasteiger partial charge is 0.335 e. The summed E-state index contributed by atoms with van der Waals surface area (Å²) >= 11 is 7.26. The Morgan fingerprint density at radius 2 is 1.55 bits per heavy atom. The lowest BCUT2D eigenvalue weighted by atomic mass is 10.1. The average molecular weight is 631 g/mol. The second-order valence-corrected chi connectivity index (χ2v) is 10.5. The molecule has 0 spiro atoms. The van der Waals surface area contributed by atoms with Gasteiger partial charge < -0.3 is 21.1 Å². The molecule has 3 amide bonds. The first-order valence-corrected chi connectivity index (χ1v) is 14.2. The van der Waals surface area contributed by atoms with Gasteiger partial charge in [-0.2, -0.15) is 0 Å². The molecule has 11 nitrogen and oxygen atoms in total. The summed E-state index contributed by atoms with van der Waals surface area (Å²) < 4.78 is 0. The number of carbonyl (C=O) groups excluding carboxylic acids is 3. The highest BCUT2D eigenvalue weighted by Crippen LogP contribution is 2.25. The van der Waals surface area contributed by atoms with Gasteiger partial charge in [0, 0.05) is 22.2 Å². The molecule has 0 aliphatic rings. The summed E-state index contributed by atoms with van der Waals surface area (Å²) in [6, 6.07) is 24.5. The summed E-state index contributed by atoms with van der Waals surface area (Å²) in [5, 5.41) is 28.7. The van der Waals surface area contributed by atoms with Gasteiger partial charge in [-0.1, -0.05) is 41.9 Å². The summed E-state index contributed by atoms with van der Waals surface area (Å²) in [6.45, 7) is 0. The maximum atomic E-state index is 13.3. The molecule has 13 heteroatoms. The molecule has 0 fully saturated rings. The van der Waals surface area contributed by atoms with Gasteiger partial charge in [0.05, 0.1) is 32.5 Å². The SMILES string of the molecule is O=C(CSc1ccc(NC(=O)/C(=C/c2ccccc2[N+](=O)[O-])NC(=O)c2ccccc2)cc1)Nc1cc(C(=O)O)ccc1Cl. The number of carboxylic acids is 1.